The molecule has 1 fully saturated rings. The second-order valence-corrected chi connectivity index (χ2v) is 11.6. The minimum absolute atomic E-state index is 0.0864. The average molecular weight is 570 g/mol. The number of amides is 2. The van der Waals surface area contributed by atoms with Crippen molar-refractivity contribution >= 4 is 46.8 Å². The summed E-state index contributed by atoms with van der Waals surface area (Å²) in [6, 6.07) is 24.6. The Morgan fingerprint density at radius 1 is 0.895 bits per heavy atom. The van der Waals surface area contributed by atoms with Crippen molar-refractivity contribution < 1.29 is 9.59 Å². The maximum Gasteiger partial charge on any atom is 0.243 e. The highest BCUT2D eigenvalue weighted by atomic mass is 35.5. The van der Waals surface area contributed by atoms with Gasteiger partial charge in [-0.2, -0.15) is 0 Å². The van der Waals surface area contributed by atoms with E-state index in [0.717, 1.165) is 42.4 Å². The van der Waals surface area contributed by atoms with Gasteiger partial charge in [-0.3, -0.25) is 9.59 Å². The normalized spacial score (nSPS) is 14.6. The quantitative estimate of drug-likeness (QED) is 0.263. The lowest BCUT2D eigenvalue weighted by molar-refractivity contribution is -0.139. The Hall–Kier alpha value is -2.47. The molecule has 0 aromatic heterocycles. The molecule has 1 atom stereocenters. The van der Waals surface area contributed by atoms with E-state index in [0.29, 0.717) is 22.2 Å². The van der Waals surface area contributed by atoms with Crippen LogP contribution in [0.1, 0.15) is 48.8 Å². The Bertz CT molecular complexity index is 1200. The number of carbonyl (C=O) groups is 2. The van der Waals surface area contributed by atoms with Crippen LogP contribution >= 0.6 is 35.0 Å². The van der Waals surface area contributed by atoms with Crippen LogP contribution in [-0.4, -0.2) is 34.6 Å². The van der Waals surface area contributed by atoms with Crippen molar-refractivity contribution in [3.8, 4) is 0 Å². The zero-order chi connectivity index (χ0) is 26.7. The molecule has 0 saturated heterocycles. The zero-order valence-electron chi connectivity index (χ0n) is 21.5. The zero-order valence-corrected chi connectivity index (χ0v) is 23.8. The summed E-state index contributed by atoms with van der Waals surface area (Å²) in [5, 5.41) is 4.54. The molecular weight excluding hydrogens is 535 g/mol. The van der Waals surface area contributed by atoms with Gasteiger partial charge in [-0.05, 0) is 47.7 Å². The molecule has 2 amide bonds. The summed E-state index contributed by atoms with van der Waals surface area (Å²) in [6.45, 7) is 0.270. The molecule has 1 saturated carbocycles. The van der Waals surface area contributed by atoms with Crippen LogP contribution in [0.2, 0.25) is 10.0 Å². The van der Waals surface area contributed by atoms with Gasteiger partial charge in [-0.15, -0.1) is 11.8 Å². The van der Waals surface area contributed by atoms with Gasteiger partial charge in [0.15, 0.2) is 0 Å². The number of hydrogen-bond acceptors (Lipinski definition) is 3. The van der Waals surface area contributed by atoms with Gasteiger partial charge < -0.3 is 10.2 Å². The van der Waals surface area contributed by atoms with Gasteiger partial charge in [0.1, 0.15) is 6.04 Å². The molecule has 4 rings (SSSR count). The lowest BCUT2D eigenvalue weighted by Gasteiger charge is -2.33. The predicted molar refractivity (Wildman–Crippen MR) is 159 cm³/mol. The highest BCUT2D eigenvalue weighted by Crippen LogP contribution is 2.24. The summed E-state index contributed by atoms with van der Waals surface area (Å²) in [6.07, 6.45) is 5.86. The fourth-order valence-corrected chi connectivity index (χ4v) is 6.14. The number of thioether (sulfide) groups is 1. The van der Waals surface area contributed by atoms with E-state index in [-0.39, 0.29) is 30.2 Å². The Kier molecular flexibility index (Phi) is 11.0. The molecule has 4 nitrogen and oxygen atoms in total. The molecule has 38 heavy (non-hydrogen) atoms. The maximum absolute atomic E-state index is 13.8. The molecule has 1 unspecified atom stereocenters. The Morgan fingerprint density at radius 2 is 1.61 bits per heavy atom. The number of rotatable bonds is 11. The fraction of sp³-hybridized carbons (Fsp3) is 0.355. The highest BCUT2D eigenvalue weighted by molar-refractivity contribution is 7.99. The number of benzene rings is 3. The van der Waals surface area contributed by atoms with Crippen LogP contribution < -0.4 is 5.32 Å². The SMILES string of the molecule is O=C(NC1CCCCC1)C(Cc1ccccc1)N(Cc1ccccc1Cl)C(=O)CSCc1cccc(Cl)c1. The van der Waals surface area contributed by atoms with Crippen molar-refractivity contribution in [1.29, 1.82) is 0 Å². The van der Waals surface area contributed by atoms with Gasteiger partial charge in [0.25, 0.3) is 0 Å². The van der Waals surface area contributed by atoms with Gasteiger partial charge in [-0.1, -0.05) is 103 Å². The first-order valence-corrected chi connectivity index (χ1v) is 15.1. The Balaban J connectivity index is 1.57. The number of nitrogens with zero attached hydrogens (tertiary/aromatic N) is 1. The summed E-state index contributed by atoms with van der Waals surface area (Å²) in [4.78, 5) is 29.3. The highest BCUT2D eigenvalue weighted by Gasteiger charge is 2.32. The van der Waals surface area contributed by atoms with Crippen LogP contribution in [0.15, 0.2) is 78.9 Å². The van der Waals surface area contributed by atoms with Crippen LogP contribution in [0.5, 0.6) is 0 Å². The minimum atomic E-state index is -0.644. The van der Waals surface area contributed by atoms with E-state index in [9.17, 15) is 9.59 Å². The molecule has 1 aliphatic rings. The molecule has 3 aromatic carbocycles. The number of carbonyl (C=O) groups excluding carboxylic acids is 2. The molecule has 0 heterocycles. The monoisotopic (exact) mass is 568 g/mol. The lowest BCUT2D eigenvalue weighted by Crippen LogP contribution is -2.53. The molecule has 0 bridgehead atoms. The maximum atomic E-state index is 13.8. The molecular formula is C31H34Cl2N2O2S. The molecule has 1 aliphatic carbocycles. The third-order valence-electron chi connectivity index (χ3n) is 6.90. The summed E-state index contributed by atoms with van der Waals surface area (Å²) < 4.78 is 0. The van der Waals surface area contributed by atoms with Crippen molar-refractivity contribution in [2.75, 3.05) is 5.75 Å². The minimum Gasteiger partial charge on any atom is -0.352 e. The Labute approximate surface area is 240 Å². The van der Waals surface area contributed by atoms with Crippen LogP contribution in [0.3, 0.4) is 0 Å². The van der Waals surface area contributed by atoms with Gasteiger partial charge in [0.05, 0.1) is 5.75 Å². The van der Waals surface area contributed by atoms with Gasteiger partial charge in [0, 0.05) is 34.8 Å². The summed E-state index contributed by atoms with van der Waals surface area (Å²) in [5.41, 5.74) is 2.90. The third-order valence-corrected chi connectivity index (χ3v) is 8.50. The number of hydrogen-bond donors (Lipinski definition) is 1. The molecule has 200 valence electrons. The summed E-state index contributed by atoms with van der Waals surface area (Å²) in [5.74, 6) is 0.723. The number of halogens is 2. The molecule has 7 heteroatoms. The molecule has 3 aromatic rings. The predicted octanol–water partition coefficient (Wildman–Crippen LogP) is 7.32. The van der Waals surface area contributed by atoms with Crippen LogP contribution in [0.4, 0.5) is 0 Å². The van der Waals surface area contributed by atoms with Gasteiger partial charge >= 0.3 is 0 Å². The Morgan fingerprint density at radius 3 is 2.34 bits per heavy atom. The standard InChI is InChI=1S/C31H34Cl2N2O2S/c32-26-14-9-12-24(18-26)21-38-22-30(36)35(20-25-13-7-8-17-28(25)33)29(19-23-10-3-1-4-11-23)31(37)34-27-15-5-2-6-16-27/h1,3-4,7-14,17-18,27,29H,2,5-6,15-16,19-22H2,(H,34,37). The second kappa shape index (κ2) is 14.6. The van der Waals surface area contributed by atoms with Crippen molar-refractivity contribution in [2.24, 2.45) is 0 Å². The molecule has 0 spiro atoms. The van der Waals surface area contributed by atoms with E-state index in [4.69, 9.17) is 23.2 Å². The van der Waals surface area contributed by atoms with Gasteiger partial charge in [-0.25, -0.2) is 0 Å². The first-order valence-electron chi connectivity index (χ1n) is 13.2. The van der Waals surface area contributed by atoms with Crippen molar-refractivity contribution in [1.82, 2.24) is 10.2 Å². The fourth-order valence-electron chi connectivity index (χ4n) is 4.87. The average Bonchev–Trinajstić information content (AvgIpc) is 2.92. The molecule has 0 aliphatic heterocycles. The van der Waals surface area contributed by atoms with Crippen LogP contribution in [-0.2, 0) is 28.3 Å². The van der Waals surface area contributed by atoms with Gasteiger partial charge in [0.2, 0.25) is 11.8 Å². The van der Waals surface area contributed by atoms with Crippen LogP contribution in [0.25, 0.3) is 0 Å². The molecule has 0 radical (unpaired) electrons. The second-order valence-electron chi connectivity index (χ2n) is 9.78. The van der Waals surface area contributed by atoms with E-state index in [1.807, 2.05) is 78.9 Å². The molecule has 1 N–H and O–H groups in total. The largest absolute Gasteiger partial charge is 0.352 e. The lowest BCUT2D eigenvalue weighted by atomic mass is 9.94. The smallest absolute Gasteiger partial charge is 0.243 e. The third kappa shape index (κ3) is 8.52. The van der Waals surface area contributed by atoms with Crippen LogP contribution in [0, 0.1) is 0 Å². The first-order chi connectivity index (χ1) is 18.5. The number of nitrogens with one attached hydrogen (secondary N) is 1. The van der Waals surface area contributed by atoms with E-state index in [1.165, 1.54) is 18.2 Å². The topological polar surface area (TPSA) is 49.4 Å². The van der Waals surface area contributed by atoms with E-state index >= 15 is 0 Å². The van der Waals surface area contributed by atoms with E-state index in [2.05, 4.69) is 5.32 Å². The van der Waals surface area contributed by atoms with E-state index < -0.39 is 6.04 Å². The van der Waals surface area contributed by atoms with Crippen molar-refractivity contribution in [3.05, 3.63) is 106 Å². The first kappa shape index (κ1) is 28.5. The van der Waals surface area contributed by atoms with E-state index in [1.54, 1.807) is 4.90 Å². The summed E-state index contributed by atoms with van der Waals surface area (Å²) in [7, 11) is 0. The summed E-state index contributed by atoms with van der Waals surface area (Å²) >= 11 is 14.2. The van der Waals surface area contributed by atoms with Crippen molar-refractivity contribution in [3.63, 3.8) is 0 Å². The van der Waals surface area contributed by atoms with Crippen molar-refractivity contribution in [2.45, 2.75) is 62.9 Å².